The van der Waals surface area contributed by atoms with Gasteiger partial charge < -0.3 is 5.01 Å². The minimum atomic E-state index is 0.461. The molecule has 0 bridgehead atoms. The number of halogens is 2. The van der Waals surface area contributed by atoms with Crippen LogP contribution in [0.2, 0.25) is 10.0 Å². The second kappa shape index (κ2) is 7.41. The molecular formula is C21H19Cl2N5. The van der Waals surface area contributed by atoms with Crippen LogP contribution in [0.1, 0.15) is 28.3 Å². The minimum Gasteiger partial charge on any atom is -0.303 e. The van der Waals surface area contributed by atoms with Crippen LogP contribution in [0.25, 0.3) is 5.69 Å². The summed E-state index contributed by atoms with van der Waals surface area (Å²) in [5.41, 5.74) is 5.39. The molecule has 0 amide bonds. The summed E-state index contributed by atoms with van der Waals surface area (Å²) < 4.78 is 2.12. The van der Waals surface area contributed by atoms with E-state index < -0.39 is 0 Å². The minimum absolute atomic E-state index is 0.461. The molecule has 4 rings (SSSR count). The highest BCUT2D eigenvalue weighted by molar-refractivity contribution is 6.36. The zero-order valence-corrected chi connectivity index (χ0v) is 17.3. The van der Waals surface area contributed by atoms with E-state index in [-0.39, 0.29) is 0 Å². The van der Waals surface area contributed by atoms with Crippen LogP contribution in [0.4, 0.5) is 0 Å². The van der Waals surface area contributed by atoms with Crippen LogP contribution in [0.15, 0.2) is 52.6 Å². The normalized spacial score (nSPS) is 13.1. The van der Waals surface area contributed by atoms with Crippen LogP contribution in [-0.4, -0.2) is 40.6 Å². The molecule has 28 heavy (non-hydrogen) atoms. The van der Waals surface area contributed by atoms with Crippen molar-refractivity contribution in [1.29, 1.82) is 0 Å². The first kappa shape index (κ1) is 18.7. The van der Waals surface area contributed by atoms with E-state index in [9.17, 15) is 0 Å². The lowest BCUT2D eigenvalue weighted by Crippen LogP contribution is -2.08. The van der Waals surface area contributed by atoms with Gasteiger partial charge in [-0.2, -0.15) is 5.10 Å². The lowest BCUT2D eigenvalue weighted by Gasteiger charge is -2.14. The first-order valence-electron chi connectivity index (χ1n) is 8.85. The Hall–Kier alpha value is -2.63. The van der Waals surface area contributed by atoms with Crippen LogP contribution in [0.5, 0.6) is 0 Å². The van der Waals surface area contributed by atoms with Gasteiger partial charge in [0.05, 0.1) is 29.9 Å². The Morgan fingerprint density at radius 1 is 1.11 bits per heavy atom. The molecule has 2 aromatic carbocycles. The van der Waals surface area contributed by atoms with E-state index in [1.54, 1.807) is 11.2 Å². The van der Waals surface area contributed by atoms with Crippen LogP contribution in [-0.2, 0) is 6.54 Å². The van der Waals surface area contributed by atoms with Crippen molar-refractivity contribution in [2.24, 2.45) is 10.1 Å². The summed E-state index contributed by atoms with van der Waals surface area (Å²) in [6.07, 6.45) is 1.77. The smallest absolute Gasteiger partial charge is 0.111 e. The lowest BCUT2D eigenvalue weighted by molar-refractivity contribution is 0.440. The average Bonchev–Trinajstić information content (AvgIpc) is 2.87. The third-order valence-corrected chi connectivity index (χ3v) is 5.12. The van der Waals surface area contributed by atoms with E-state index in [2.05, 4.69) is 9.67 Å². The SMILES string of the molecule is Cc1nc(/C=N/N(C)C)c2n1-c1ccc(Cl)cc1C(c1ccccc1Cl)=NC2. The molecule has 1 aromatic heterocycles. The summed E-state index contributed by atoms with van der Waals surface area (Å²) >= 11 is 12.8. The van der Waals surface area contributed by atoms with Crippen molar-refractivity contribution in [1.82, 2.24) is 14.6 Å². The van der Waals surface area contributed by atoms with Crippen molar-refractivity contribution < 1.29 is 0 Å². The number of benzene rings is 2. The van der Waals surface area contributed by atoms with Crippen molar-refractivity contribution in [3.63, 3.8) is 0 Å². The Bertz CT molecular complexity index is 1110. The number of hydrogen-bond donors (Lipinski definition) is 0. The molecule has 0 saturated carbocycles. The molecule has 1 aliphatic heterocycles. The predicted octanol–water partition coefficient (Wildman–Crippen LogP) is 4.73. The highest BCUT2D eigenvalue weighted by Crippen LogP contribution is 2.31. The molecule has 0 N–H and O–H groups in total. The van der Waals surface area contributed by atoms with Crippen molar-refractivity contribution in [2.75, 3.05) is 14.1 Å². The number of fused-ring (bicyclic) bond motifs is 3. The third-order valence-electron chi connectivity index (χ3n) is 4.55. The topological polar surface area (TPSA) is 45.8 Å². The quantitative estimate of drug-likeness (QED) is 0.461. The van der Waals surface area contributed by atoms with Gasteiger partial charge in [-0.3, -0.25) is 9.56 Å². The van der Waals surface area contributed by atoms with E-state index in [4.69, 9.17) is 33.2 Å². The van der Waals surface area contributed by atoms with Crippen molar-refractivity contribution in [2.45, 2.75) is 13.5 Å². The number of aryl methyl sites for hydroxylation is 1. The number of hydrazone groups is 1. The van der Waals surface area contributed by atoms with E-state index in [0.717, 1.165) is 39.7 Å². The van der Waals surface area contributed by atoms with Crippen molar-refractivity contribution >= 4 is 35.1 Å². The molecule has 0 radical (unpaired) electrons. The lowest BCUT2D eigenvalue weighted by atomic mass is 10.0. The Morgan fingerprint density at radius 2 is 1.89 bits per heavy atom. The largest absolute Gasteiger partial charge is 0.303 e. The fourth-order valence-electron chi connectivity index (χ4n) is 3.36. The monoisotopic (exact) mass is 411 g/mol. The molecule has 0 unspecified atom stereocenters. The van der Waals surface area contributed by atoms with Crippen molar-refractivity contribution in [3.05, 3.63) is 80.8 Å². The van der Waals surface area contributed by atoms with Gasteiger partial charge in [0.1, 0.15) is 11.5 Å². The number of imidazole rings is 1. The fraction of sp³-hybridized carbons (Fsp3) is 0.190. The second-order valence-electron chi connectivity index (χ2n) is 6.72. The van der Waals surface area contributed by atoms with E-state index in [1.807, 2.05) is 63.5 Å². The van der Waals surface area contributed by atoms with Crippen LogP contribution < -0.4 is 0 Å². The van der Waals surface area contributed by atoms with Crippen LogP contribution in [0, 0.1) is 6.92 Å². The van der Waals surface area contributed by atoms with Gasteiger partial charge in [-0.25, -0.2) is 4.98 Å². The van der Waals surface area contributed by atoms with E-state index in [0.29, 0.717) is 16.6 Å². The summed E-state index contributed by atoms with van der Waals surface area (Å²) in [6.45, 7) is 2.44. The molecule has 142 valence electrons. The van der Waals surface area contributed by atoms with Gasteiger partial charge in [-0.15, -0.1) is 0 Å². The molecule has 0 spiro atoms. The van der Waals surface area contributed by atoms with Gasteiger partial charge in [0.2, 0.25) is 0 Å². The molecule has 2 heterocycles. The van der Waals surface area contributed by atoms with Gasteiger partial charge in [-0.1, -0.05) is 41.4 Å². The zero-order valence-electron chi connectivity index (χ0n) is 15.8. The standard InChI is InChI=1S/C21H19Cl2N5/c1-13-26-18(11-25-27(2)3)20-12-24-21(15-6-4-5-7-17(15)23)16-10-14(22)8-9-19(16)28(13)20/h4-11H,12H2,1-3H3/b25-11+. The number of aliphatic imine (C=N–C) groups is 1. The van der Waals surface area contributed by atoms with Crippen molar-refractivity contribution in [3.8, 4) is 5.69 Å². The Morgan fingerprint density at radius 3 is 2.64 bits per heavy atom. The summed E-state index contributed by atoms with van der Waals surface area (Å²) in [5, 5.41) is 7.39. The number of rotatable bonds is 3. The fourth-order valence-corrected chi connectivity index (χ4v) is 3.76. The summed E-state index contributed by atoms with van der Waals surface area (Å²) in [7, 11) is 3.76. The highest BCUT2D eigenvalue weighted by Gasteiger charge is 2.24. The van der Waals surface area contributed by atoms with Gasteiger partial charge in [0.15, 0.2) is 0 Å². The maximum absolute atomic E-state index is 6.49. The summed E-state index contributed by atoms with van der Waals surface area (Å²) in [6, 6.07) is 13.5. The molecular weight excluding hydrogens is 393 g/mol. The zero-order chi connectivity index (χ0) is 19.8. The van der Waals surface area contributed by atoms with Crippen LogP contribution >= 0.6 is 23.2 Å². The van der Waals surface area contributed by atoms with Gasteiger partial charge in [0, 0.05) is 35.3 Å². The molecule has 0 atom stereocenters. The number of hydrogen-bond acceptors (Lipinski definition) is 4. The molecule has 0 aliphatic carbocycles. The number of aromatic nitrogens is 2. The first-order chi connectivity index (χ1) is 13.5. The Labute approximate surface area is 173 Å². The summed E-state index contributed by atoms with van der Waals surface area (Å²) in [4.78, 5) is 9.62. The molecule has 3 aromatic rings. The maximum atomic E-state index is 6.49. The van der Waals surface area contributed by atoms with Crippen LogP contribution in [0.3, 0.4) is 0 Å². The molecule has 7 heteroatoms. The van der Waals surface area contributed by atoms with Gasteiger partial charge >= 0.3 is 0 Å². The first-order valence-corrected chi connectivity index (χ1v) is 9.60. The third kappa shape index (κ3) is 3.32. The molecule has 1 aliphatic rings. The Kier molecular flexibility index (Phi) is 4.96. The summed E-state index contributed by atoms with van der Waals surface area (Å²) in [5.74, 6) is 0.870. The highest BCUT2D eigenvalue weighted by atomic mass is 35.5. The molecule has 0 fully saturated rings. The maximum Gasteiger partial charge on any atom is 0.111 e. The van der Waals surface area contributed by atoms with E-state index >= 15 is 0 Å². The average molecular weight is 412 g/mol. The number of nitrogens with zero attached hydrogens (tertiary/aromatic N) is 5. The van der Waals surface area contributed by atoms with Gasteiger partial charge in [0.25, 0.3) is 0 Å². The van der Waals surface area contributed by atoms with Gasteiger partial charge in [-0.05, 0) is 31.2 Å². The molecule has 0 saturated heterocycles. The second-order valence-corrected chi connectivity index (χ2v) is 7.57. The van der Waals surface area contributed by atoms with E-state index in [1.165, 1.54) is 0 Å². The molecule has 5 nitrogen and oxygen atoms in total. The predicted molar refractivity (Wildman–Crippen MR) is 115 cm³/mol. The Balaban J connectivity index is 1.97.